The van der Waals surface area contributed by atoms with Crippen LogP contribution in [-0.4, -0.2) is 18.1 Å². The van der Waals surface area contributed by atoms with Crippen LogP contribution in [0.5, 0.6) is 5.75 Å². The van der Waals surface area contributed by atoms with Crippen molar-refractivity contribution in [2.75, 3.05) is 12.4 Å². The molecule has 1 aliphatic rings. The fourth-order valence-electron chi connectivity index (χ4n) is 2.69. The minimum Gasteiger partial charge on any atom is -0.497 e. The molecule has 1 atom stereocenters. The third kappa shape index (κ3) is 2.73. The highest BCUT2D eigenvalue weighted by Crippen LogP contribution is 2.28. The Kier molecular flexibility index (Phi) is 3.79. The zero-order valence-electron chi connectivity index (χ0n) is 11.4. The molecule has 1 aromatic carbocycles. The normalized spacial score (nSPS) is 17.4. The zero-order chi connectivity index (χ0) is 13.9. The molecule has 3 nitrogen and oxygen atoms in total. The topological polar surface area (TPSA) is 34.1 Å². The maximum atomic E-state index is 6.17. The van der Waals surface area contributed by atoms with E-state index in [9.17, 15) is 0 Å². The van der Waals surface area contributed by atoms with Crippen LogP contribution in [0.3, 0.4) is 0 Å². The van der Waals surface area contributed by atoms with Crippen molar-refractivity contribution in [3.05, 3.63) is 52.8 Å². The molecule has 4 heteroatoms. The highest BCUT2D eigenvalue weighted by atomic mass is 35.5. The Morgan fingerprint density at radius 1 is 1.30 bits per heavy atom. The highest BCUT2D eigenvalue weighted by molar-refractivity contribution is 6.33. The van der Waals surface area contributed by atoms with E-state index in [2.05, 4.69) is 22.4 Å². The van der Waals surface area contributed by atoms with Gasteiger partial charge in [-0.15, -0.1) is 0 Å². The van der Waals surface area contributed by atoms with Crippen LogP contribution < -0.4 is 10.1 Å². The first-order valence-corrected chi connectivity index (χ1v) is 7.16. The van der Waals surface area contributed by atoms with Gasteiger partial charge >= 0.3 is 0 Å². The van der Waals surface area contributed by atoms with Gasteiger partial charge in [-0.1, -0.05) is 17.7 Å². The summed E-state index contributed by atoms with van der Waals surface area (Å²) in [5.74, 6) is 0.920. The lowest BCUT2D eigenvalue weighted by Gasteiger charge is -2.27. The number of ether oxygens (including phenoxy) is 1. The van der Waals surface area contributed by atoms with Crippen LogP contribution in [0.1, 0.15) is 17.5 Å². The summed E-state index contributed by atoms with van der Waals surface area (Å²) in [6.45, 7) is 0. The molecule has 0 spiro atoms. The maximum absolute atomic E-state index is 6.17. The number of nitrogens with zero attached hydrogens (tertiary/aromatic N) is 1. The molecular weight excluding hydrogens is 272 g/mol. The van der Waals surface area contributed by atoms with E-state index in [1.165, 1.54) is 11.1 Å². The molecule has 1 unspecified atom stereocenters. The zero-order valence-corrected chi connectivity index (χ0v) is 12.2. The summed E-state index contributed by atoms with van der Waals surface area (Å²) < 4.78 is 5.30. The molecule has 0 aliphatic heterocycles. The van der Waals surface area contributed by atoms with Gasteiger partial charge in [0.2, 0.25) is 0 Å². The lowest BCUT2D eigenvalue weighted by molar-refractivity contribution is 0.413. The Labute approximate surface area is 123 Å². The van der Waals surface area contributed by atoms with Crippen molar-refractivity contribution >= 4 is 17.3 Å². The Balaban J connectivity index is 1.76. The van der Waals surface area contributed by atoms with Crippen molar-refractivity contribution in [2.45, 2.75) is 25.3 Å². The molecule has 1 heterocycles. The SMILES string of the molecule is COc1ccc2c(c1)CC(Nc1cnccc1Cl)CC2. The van der Waals surface area contributed by atoms with Crippen LogP contribution in [0.15, 0.2) is 36.7 Å². The van der Waals surface area contributed by atoms with E-state index in [0.717, 1.165) is 35.7 Å². The molecule has 20 heavy (non-hydrogen) atoms. The average Bonchev–Trinajstić information content (AvgIpc) is 2.49. The Bertz CT molecular complexity index is 615. The lowest BCUT2D eigenvalue weighted by Crippen LogP contribution is -2.27. The molecule has 0 fully saturated rings. The molecule has 0 radical (unpaired) electrons. The molecule has 0 amide bonds. The van der Waals surface area contributed by atoms with E-state index in [-0.39, 0.29) is 0 Å². The Morgan fingerprint density at radius 2 is 2.20 bits per heavy atom. The van der Waals surface area contributed by atoms with Crippen molar-refractivity contribution in [1.29, 1.82) is 0 Å². The van der Waals surface area contributed by atoms with Crippen molar-refractivity contribution in [1.82, 2.24) is 4.98 Å². The van der Waals surface area contributed by atoms with E-state index in [1.807, 2.05) is 12.1 Å². The van der Waals surface area contributed by atoms with E-state index in [1.54, 1.807) is 19.5 Å². The number of benzene rings is 1. The fraction of sp³-hybridized carbons (Fsp3) is 0.312. The summed E-state index contributed by atoms with van der Waals surface area (Å²) in [5, 5.41) is 4.21. The number of aromatic nitrogens is 1. The van der Waals surface area contributed by atoms with Gasteiger partial charge in [-0.3, -0.25) is 4.98 Å². The number of aryl methyl sites for hydroxylation is 1. The molecule has 1 aliphatic carbocycles. The quantitative estimate of drug-likeness (QED) is 0.935. The van der Waals surface area contributed by atoms with Crippen LogP contribution in [0.2, 0.25) is 5.02 Å². The molecule has 0 bridgehead atoms. The van der Waals surface area contributed by atoms with Crippen LogP contribution >= 0.6 is 11.6 Å². The molecule has 3 rings (SSSR count). The average molecular weight is 289 g/mol. The number of fused-ring (bicyclic) bond motifs is 1. The smallest absolute Gasteiger partial charge is 0.119 e. The molecule has 0 saturated heterocycles. The number of halogens is 1. The number of hydrogen-bond donors (Lipinski definition) is 1. The molecule has 1 N–H and O–H groups in total. The van der Waals surface area contributed by atoms with Gasteiger partial charge in [0, 0.05) is 12.2 Å². The van der Waals surface area contributed by atoms with Crippen molar-refractivity contribution in [3.8, 4) is 5.75 Å². The van der Waals surface area contributed by atoms with E-state index >= 15 is 0 Å². The second-order valence-electron chi connectivity index (χ2n) is 5.07. The number of hydrogen-bond acceptors (Lipinski definition) is 3. The number of methoxy groups -OCH3 is 1. The Morgan fingerprint density at radius 3 is 3.00 bits per heavy atom. The summed E-state index contributed by atoms with van der Waals surface area (Å²) in [7, 11) is 1.70. The summed E-state index contributed by atoms with van der Waals surface area (Å²) in [4.78, 5) is 4.12. The molecule has 0 saturated carbocycles. The van der Waals surface area contributed by atoms with Gasteiger partial charge in [-0.2, -0.15) is 0 Å². The van der Waals surface area contributed by atoms with Gasteiger partial charge in [0.25, 0.3) is 0 Å². The van der Waals surface area contributed by atoms with Gasteiger partial charge in [-0.05, 0) is 48.6 Å². The number of anilines is 1. The molecular formula is C16H17ClN2O. The number of pyridine rings is 1. The van der Waals surface area contributed by atoms with E-state index in [4.69, 9.17) is 16.3 Å². The standard InChI is InChI=1S/C16H17ClN2O/c1-20-14-5-3-11-2-4-13(8-12(11)9-14)19-16-10-18-7-6-15(16)17/h3,5-7,9-10,13,19H,2,4,8H2,1H3. The van der Waals surface area contributed by atoms with Gasteiger partial charge in [0.1, 0.15) is 5.75 Å². The number of rotatable bonds is 3. The summed E-state index contributed by atoms with van der Waals surface area (Å²) in [6.07, 6.45) is 6.65. The second-order valence-corrected chi connectivity index (χ2v) is 5.48. The third-order valence-electron chi connectivity index (χ3n) is 3.77. The monoisotopic (exact) mass is 288 g/mol. The van der Waals surface area contributed by atoms with E-state index < -0.39 is 0 Å². The maximum Gasteiger partial charge on any atom is 0.119 e. The third-order valence-corrected chi connectivity index (χ3v) is 4.10. The fourth-order valence-corrected chi connectivity index (χ4v) is 2.85. The predicted octanol–water partition coefficient (Wildman–Crippen LogP) is 3.71. The molecule has 104 valence electrons. The van der Waals surface area contributed by atoms with Crippen LogP contribution in [0, 0.1) is 0 Å². The van der Waals surface area contributed by atoms with Crippen molar-refractivity contribution in [2.24, 2.45) is 0 Å². The largest absolute Gasteiger partial charge is 0.497 e. The minimum atomic E-state index is 0.385. The summed E-state index contributed by atoms with van der Waals surface area (Å²) >= 11 is 6.17. The van der Waals surface area contributed by atoms with Gasteiger partial charge in [0.05, 0.1) is 24.0 Å². The van der Waals surface area contributed by atoms with Gasteiger partial charge in [-0.25, -0.2) is 0 Å². The van der Waals surface area contributed by atoms with Gasteiger partial charge in [0.15, 0.2) is 0 Å². The van der Waals surface area contributed by atoms with Crippen LogP contribution in [-0.2, 0) is 12.8 Å². The van der Waals surface area contributed by atoms with Gasteiger partial charge < -0.3 is 10.1 Å². The summed E-state index contributed by atoms with van der Waals surface area (Å²) in [6, 6.07) is 8.53. The van der Waals surface area contributed by atoms with Crippen LogP contribution in [0.25, 0.3) is 0 Å². The minimum absolute atomic E-state index is 0.385. The van der Waals surface area contributed by atoms with Crippen LogP contribution in [0.4, 0.5) is 5.69 Å². The predicted molar refractivity (Wildman–Crippen MR) is 81.7 cm³/mol. The van der Waals surface area contributed by atoms with Crippen molar-refractivity contribution in [3.63, 3.8) is 0 Å². The molecule has 1 aromatic heterocycles. The summed E-state index contributed by atoms with van der Waals surface area (Å²) in [5.41, 5.74) is 3.68. The molecule has 2 aromatic rings. The van der Waals surface area contributed by atoms with Crippen molar-refractivity contribution < 1.29 is 4.74 Å². The number of nitrogens with one attached hydrogen (secondary N) is 1. The lowest BCUT2D eigenvalue weighted by atomic mass is 9.88. The second kappa shape index (κ2) is 5.71. The van der Waals surface area contributed by atoms with E-state index in [0.29, 0.717) is 6.04 Å². The first kappa shape index (κ1) is 13.3. The highest BCUT2D eigenvalue weighted by Gasteiger charge is 2.19. The first-order valence-electron chi connectivity index (χ1n) is 6.78. The first-order chi connectivity index (χ1) is 9.76. The Hall–Kier alpha value is -1.74.